The predicted molar refractivity (Wildman–Crippen MR) is 321 cm³/mol. The van der Waals surface area contributed by atoms with E-state index >= 15 is 0 Å². The molecule has 1 unspecified atom stereocenters. The molecule has 0 amide bonds. The first kappa shape index (κ1) is 71.9. The predicted octanol–water partition coefficient (Wildman–Crippen LogP) is 22.6. The molecule has 0 spiro atoms. The van der Waals surface area contributed by atoms with Crippen LogP contribution in [0.3, 0.4) is 0 Å². The van der Waals surface area contributed by atoms with Gasteiger partial charge in [-0.25, -0.2) is 0 Å². The lowest BCUT2D eigenvalue weighted by atomic mass is 10.0. The summed E-state index contributed by atoms with van der Waals surface area (Å²) < 4.78 is 16.9. The molecule has 0 rings (SSSR count). The molecular formula is C68H128O6. The van der Waals surface area contributed by atoms with Gasteiger partial charge in [-0.3, -0.25) is 14.4 Å². The fourth-order valence-electron chi connectivity index (χ4n) is 10.2. The van der Waals surface area contributed by atoms with E-state index in [4.69, 9.17) is 14.2 Å². The molecule has 0 aromatic heterocycles. The molecule has 0 heterocycles. The quantitative estimate of drug-likeness (QED) is 0.0261. The maximum atomic E-state index is 12.8. The molecule has 0 aromatic carbocycles. The third-order valence-electron chi connectivity index (χ3n) is 15.2. The zero-order valence-electron chi connectivity index (χ0n) is 50.1. The molecule has 74 heavy (non-hydrogen) atoms. The van der Waals surface area contributed by atoms with Crippen molar-refractivity contribution in [1.82, 2.24) is 0 Å². The summed E-state index contributed by atoms with van der Waals surface area (Å²) in [6.45, 7) is 6.66. The topological polar surface area (TPSA) is 78.9 Å². The number of ether oxygens (including phenoxy) is 3. The lowest BCUT2D eigenvalue weighted by molar-refractivity contribution is -0.167. The summed E-state index contributed by atoms with van der Waals surface area (Å²) in [7, 11) is 0. The van der Waals surface area contributed by atoms with Gasteiger partial charge in [0.1, 0.15) is 13.2 Å². The van der Waals surface area contributed by atoms with Gasteiger partial charge in [-0.2, -0.15) is 0 Å². The fourth-order valence-corrected chi connectivity index (χ4v) is 10.2. The first-order valence-electron chi connectivity index (χ1n) is 33.3. The molecular weight excluding hydrogens is 913 g/mol. The van der Waals surface area contributed by atoms with Crippen LogP contribution in [0.25, 0.3) is 0 Å². The second-order valence-electron chi connectivity index (χ2n) is 22.7. The Morgan fingerprint density at radius 3 is 0.743 bits per heavy atom. The van der Waals surface area contributed by atoms with E-state index in [9.17, 15) is 14.4 Å². The van der Waals surface area contributed by atoms with Crippen LogP contribution in [0.1, 0.15) is 374 Å². The van der Waals surface area contributed by atoms with Crippen molar-refractivity contribution in [3.8, 4) is 0 Å². The first-order chi connectivity index (χ1) is 36.5. The molecule has 0 aromatic rings. The van der Waals surface area contributed by atoms with Crippen LogP contribution in [0.2, 0.25) is 0 Å². The molecule has 0 radical (unpaired) electrons. The Labute approximate surface area is 462 Å². The van der Waals surface area contributed by atoms with Crippen molar-refractivity contribution in [2.75, 3.05) is 13.2 Å². The van der Waals surface area contributed by atoms with Crippen LogP contribution >= 0.6 is 0 Å². The minimum absolute atomic E-state index is 0.0636. The number of carbonyl (C=O) groups excluding carboxylic acids is 3. The third-order valence-corrected chi connectivity index (χ3v) is 15.2. The third kappa shape index (κ3) is 60.8. The molecule has 0 aliphatic heterocycles. The summed E-state index contributed by atoms with van der Waals surface area (Å²) in [6, 6.07) is 0. The molecule has 0 bridgehead atoms. The Morgan fingerprint density at radius 2 is 0.486 bits per heavy atom. The summed E-state index contributed by atoms with van der Waals surface area (Å²) in [5.74, 6) is -0.842. The Kier molecular flexibility index (Phi) is 61.6. The van der Waals surface area contributed by atoms with E-state index in [0.717, 1.165) is 64.2 Å². The van der Waals surface area contributed by atoms with Gasteiger partial charge in [0.25, 0.3) is 0 Å². The van der Waals surface area contributed by atoms with Gasteiger partial charge in [0, 0.05) is 19.3 Å². The van der Waals surface area contributed by atoms with Gasteiger partial charge in [-0.1, -0.05) is 328 Å². The van der Waals surface area contributed by atoms with Crippen LogP contribution in [0.5, 0.6) is 0 Å². The molecule has 0 saturated carbocycles. The molecule has 1 atom stereocenters. The average molecular weight is 1040 g/mol. The van der Waals surface area contributed by atoms with Crippen LogP contribution in [-0.4, -0.2) is 37.2 Å². The Hall–Kier alpha value is -2.11. The Balaban J connectivity index is 3.91. The monoisotopic (exact) mass is 1040 g/mol. The van der Waals surface area contributed by atoms with Crippen molar-refractivity contribution < 1.29 is 28.6 Å². The highest BCUT2D eigenvalue weighted by Crippen LogP contribution is 2.18. The highest BCUT2D eigenvalue weighted by molar-refractivity contribution is 5.71. The zero-order valence-corrected chi connectivity index (χ0v) is 50.1. The van der Waals surface area contributed by atoms with Crippen molar-refractivity contribution in [3.05, 3.63) is 24.3 Å². The van der Waals surface area contributed by atoms with E-state index in [0.29, 0.717) is 19.3 Å². The van der Waals surface area contributed by atoms with Gasteiger partial charge in [0.05, 0.1) is 0 Å². The number of unbranched alkanes of at least 4 members (excludes halogenated alkanes) is 47. The highest BCUT2D eigenvalue weighted by Gasteiger charge is 2.19. The molecule has 0 fully saturated rings. The van der Waals surface area contributed by atoms with Crippen LogP contribution in [0.4, 0.5) is 0 Å². The number of hydrogen-bond acceptors (Lipinski definition) is 6. The number of esters is 3. The number of carbonyl (C=O) groups is 3. The maximum Gasteiger partial charge on any atom is 0.306 e. The van der Waals surface area contributed by atoms with Crippen molar-refractivity contribution in [2.24, 2.45) is 0 Å². The number of rotatable bonds is 62. The molecule has 6 nitrogen and oxygen atoms in total. The van der Waals surface area contributed by atoms with Crippen molar-refractivity contribution in [2.45, 2.75) is 380 Å². The normalized spacial score (nSPS) is 12.1. The minimum atomic E-state index is -0.762. The fraction of sp³-hybridized carbons (Fsp3) is 0.897. The van der Waals surface area contributed by atoms with Crippen molar-refractivity contribution >= 4 is 17.9 Å². The number of allylic oxidation sites excluding steroid dienone is 4. The van der Waals surface area contributed by atoms with Crippen LogP contribution < -0.4 is 0 Å². The van der Waals surface area contributed by atoms with E-state index < -0.39 is 6.10 Å². The molecule has 6 heteroatoms. The van der Waals surface area contributed by atoms with Crippen LogP contribution in [0.15, 0.2) is 24.3 Å². The maximum absolute atomic E-state index is 12.8. The summed E-state index contributed by atoms with van der Waals surface area (Å²) >= 11 is 0. The van der Waals surface area contributed by atoms with E-state index in [1.54, 1.807) is 0 Å². The second-order valence-corrected chi connectivity index (χ2v) is 22.7. The van der Waals surface area contributed by atoms with Gasteiger partial charge in [-0.05, 0) is 51.4 Å². The van der Waals surface area contributed by atoms with E-state index in [1.165, 1.54) is 270 Å². The first-order valence-corrected chi connectivity index (χ1v) is 33.3. The molecule has 0 aliphatic carbocycles. The number of hydrogen-bond donors (Lipinski definition) is 0. The largest absolute Gasteiger partial charge is 0.462 e. The summed E-state index contributed by atoms with van der Waals surface area (Å²) in [5, 5.41) is 0. The summed E-state index contributed by atoms with van der Waals surface area (Å²) in [5.41, 5.74) is 0. The van der Waals surface area contributed by atoms with Gasteiger partial charge >= 0.3 is 17.9 Å². The van der Waals surface area contributed by atoms with Gasteiger partial charge in [0.2, 0.25) is 0 Å². The Bertz CT molecular complexity index is 1190. The average Bonchev–Trinajstić information content (AvgIpc) is 3.40. The molecule has 0 aliphatic rings. The SMILES string of the molecule is CCCCCCC/C=C\C/C=C\CCCCCCCCCCCCCCCCCCCCCCCCCC(=O)OCC(COC(=O)CCCCCCCCCCC)OC(=O)CCCCCCCCCCCCCC. The van der Waals surface area contributed by atoms with E-state index in [2.05, 4.69) is 45.1 Å². The zero-order chi connectivity index (χ0) is 53.6. The Morgan fingerprint density at radius 1 is 0.270 bits per heavy atom. The standard InChI is InChI=1S/C68H128O6/c1-4-7-10-13-16-19-21-23-24-25-26-27-28-29-30-31-32-33-34-35-36-37-38-39-40-41-42-43-44-45-47-49-52-55-58-61-67(70)73-64-65(63-72-66(69)60-57-54-51-48-18-15-12-9-6-3)74-68(71)62-59-56-53-50-46-22-20-17-14-11-8-5-2/h21,23,25-26,65H,4-20,22,24,27-64H2,1-3H3/b23-21-,26-25-. The van der Waals surface area contributed by atoms with Crippen LogP contribution in [-0.2, 0) is 28.6 Å². The van der Waals surface area contributed by atoms with Crippen LogP contribution in [0, 0.1) is 0 Å². The van der Waals surface area contributed by atoms with Gasteiger partial charge in [0.15, 0.2) is 6.10 Å². The molecule has 0 saturated heterocycles. The summed E-state index contributed by atoms with van der Waals surface area (Å²) in [6.07, 6.45) is 76.6. The molecule has 0 N–H and O–H groups in total. The van der Waals surface area contributed by atoms with Crippen molar-refractivity contribution in [1.29, 1.82) is 0 Å². The lowest BCUT2D eigenvalue weighted by Gasteiger charge is -2.18. The van der Waals surface area contributed by atoms with Crippen molar-refractivity contribution in [3.63, 3.8) is 0 Å². The lowest BCUT2D eigenvalue weighted by Crippen LogP contribution is -2.30. The second kappa shape index (κ2) is 63.4. The van der Waals surface area contributed by atoms with E-state index in [1.807, 2.05) is 0 Å². The van der Waals surface area contributed by atoms with Gasteiger partial charge < -0.3 is 14.2 Å². The highest BCUT2D eigenvalue weighted by atomic mass is 16.6. The summed E-state index contributed by atoms with van der Waals surface area (Å²) in [4.78, 5) is 38.0. The van der Waals surface area contributed by atoms with E-state index in [-0.39, 0.29) is 31.1 Å². The molecule has 436 valence electrons. The van der Waals surface area contributed by atoms with Gasteiger partial charge in [-0.15, -0.1) is 0 Å². The minimum Gasteiger partial charge on any atom is -0.462 e. The smallest absolute Gasteiger partial charge is 0.306 e.